The number of thioether (sulfide) groups is 1. The Balaban J connectivity index is 1.79. The van der Waals surface area contributed by atoms with Gasteiger partial charge >= 0.3 is 0 Å². The Hall–Kier alpha value is -2.86. The van der Waals surface area contributed by atoms with Crippen LogP contribution in [0.25, 0.3) is 11.8 Å². The van der Waals surface area contributed by atoms with Gasteiger partial charge in [0.2, 0.25) is 0 Å². The Kier molecular flexibility index (Phi) is 5.81. The van der Waals surface area contributed by atoms with E-state index in [-0.39, 0.29) is 12.1 Å². The van der Waals surface area contributed by atoms with Crippen molar-refractivity contribution in [1.82, 2.24) is 10.3 Å². The standard InChI is InChI=1S/C23H24N4OS/c1-3-4-14-29-23-25-22(28)20-18-12-8-9-13-19(18)24-21(27(20)26-23)16(2)15-17-10-6-5-7-11-17/h5-13,15,21H,3-4,14H2,1-2H3,(H,25,26,28)/b16-15+/t21-/m0/s1. The molecule has 0 spiro atoms. The van der Waals surface area contributed by atoms with Gasteiger partial charge in [-0.15, -0.1) is 5.10 Å². The Bertz CT molecular complexity index is 1090. The molecule has 6 heteroatoms. The molecule has 2 aromatic rings. The minimum absolute atomic E-state index is 0.126. The van der Waals surface area contributed by atoms with Crippen LogP contribution in [-0.2, 0) is 4.79 Å². The maximum atomic E-state index is 13.0. The summed E-state index contributed by atoms with van der Waals surface area (Å²) < 4.78 is 0. The number of nitrogens with zero attached hydrogens (tertiary/aromatic N) is 3. The third-order valence-corrected chi connectivity index (χ3v) is 5.80. The van der Waals surface area contributed by atoms with Crippen LogP contribution in [0.3, 0.4) is 0 Å². The molecule has 1 N–H and O–H groups in total. The number of para-hydroxylation sites is 1. The van der Waals surface area contributed by atoms with Gasteiger partial charge in [-0.1, -0.05) is 79.7 Å². The van der Waals surface area contributed by atoms with Gasteiger partial charge in [0.15, 0.2) is 11.3 Å². The summed E-state index contributed by atoms with van der Waals surface area (Å²) in [6.45, 7) is 4.20. The molecule has 0 fully saturated rings. The van der Waals surface area contributed by atoms with Gasteiger partial charge < -0.3 is 0 Å². The van der Waals surface area contributed by atoms with Crippen LogP contribution in [0.15, 0.2) is 70.3 Å². The SMILES string of the molecule is CCCCSC1=NN2C(=c3ccccc3=N[C@@H]2/C(C)=C/c2ccccc2)C(=O)N1. The molecular formula is C23H24N4OS. The number of nitrogens with one attached hydrogen (secondary N) is 1. The van der Waals surface area contributed by atoms with E-state index in [1.807, 2.05) is 49.4 Å². The summed E-state index contributed by atoms with van der Waals surface area (Å²) in [6, 6.07) is 17.9. The van der Waals surface area contributed by atoms with Crippen LogP contribution in [0.1, 0.15) is 32.3 Å². The zero-order chi connectivity index (χ0) is 20.2. The van der Waals surface area contributed by atoms with Crippen molar-refractivity contribution in [3.63, 3.8) is 0 Å². The van der Waals surface area contributed by atoms with E-state index in [0.717, 1.165) is 40.3 Å². The molecule has 0 saturated carbocycles. The summed E-state index contributed by atoms with van der Waals surface area (Å²) in [4.78, 5) is 17.9. The van der Waals surface area contributed by atoms with Crippen molar-refractivity contribution >= 4 is 34.6 Å². The van der Waals surface area contributed by atoms with Crippen molar-refractivity contribution in [3.8, 4) is 0 Å². The van der Waals surface area contributed by atoms with Crippen molar-refractivity contribution in [2.75, 3.05) is 5.75 Å². The summed E-state index contributed by atoms with van der Waals surface area (Å²) in [7, 11) is 0. The normalized spacial score (nSPS) is 18.4. The molecule has 1 amide bonds. The minimum atomic E-state index is -0.354. The number of benzene rings is 2. The van der Waals surface area contributed by atoms with Crippen molar-refractivity contribution in [2.45, 2.75) is 32.9 Å². The number of carbonyl (C=O) groups is 1. The summed E-state index contributed by atoms with van der Waals surface area (Å²) in [5.41, 5.74) is 2.68. The molecule has 2 aromatic carbocycles. The molecule has 0 bridgehead atoms. The largest absolute Gasteiger partial charge is 0.298 e. The van der Waals surface area contributed by atoms with E-state index in [1.165, 1.54) is 0 Å². The van der Waals surface area contributed by atoms with E-state index in [9.17, 15) is 4.79 Å². The molecule has 5 nitrogen and oxygen atoms in total. The van der Waals surface area contributed by atoms with Crippen LogP contribution in [0, 0.1) is 0 Å². The van der Waals surface area contributed by atoms with Gasteiger partial charge in [-0.25, -0.2) is 5.01 Å². The van der Waals surface area contributed by atoms with Crippen LogP contribution >= 0.6 is 11.8 Å². The van der Waals surface area contributed by atoms with Gasteiger partial charge in [-0.2, -0.15) is 0 Å². The Morgan fingerprint density at radius 3 is 2.72 bits per heavy atom. The van der Waals surface area contributed by atoms with E-state index < -0.39 is 0 Å². The van der Waals surface area contributed by atoms with E-state index in [0.29, 0.717) is 10.9 Å². The van der Waals surface area contributed by atoms with E-state index in [4.69, 9.17) is 10.1 Å². The van der Waals surface area contributed by atoms with Crippen LogP contribution in [0.5, 0.6) is 0 Å². The van der Waals surface area contributed by atoms with E-state index in [2.05, 4.69) is 30.4 Å². The van der Waals surface area contributed by atoms with Crippen LogP contribution in [0.4, 0.5) is 0 Å². The Morgan fingerprint density at radius 1 is 1.17 bits per heavy atom. The number of carbonyl (C=O) groups excluding carboxylic acids is 1. The first kappa shape index (κ1) is 19.5. The monoisotopic (exact) mass is 404 g/mol. The van der Waals surface area contributed by atoms with E-state index >= 15 is 0 Å². The number of amides is 1. The molecular weight excluding hydrogens is 380 g/mol. The molecule has 1 atom stereocenters. The van der Waals surface area contributed by atoms with E-state index in [1.54, 1.807) is 16.8 Å². The molecule has 2 heterocycles. The maximum Gasteiger partial charge on any atom is 0.276 e. The molecule has 2 aliphatic rings. The van der Waals surface area contributed by atoms with Gasteiger partial charge in [0.25, 0.3) is 5.91 Å². The molecule has 0 unspecified atom stereocenters. The molecule has 0 aromatic heterocycles. The number of hydrogen-bond acceptors (Lipinski definition) is 5. The lowest BCUT2D eigenvalue weighted by Crippen LogP contribution is -2.52. The lowest BCUT2D eigenvalue weighted by Gasteiger charge is -2.34. The van der Waals surface area contributed by atoms with Crippen molar-refractivity contribution < 1.29 is 4.79 Å². The fraction of sp³-hybridized carbons (Fsp3) is 0.261. The molecule has 4 rings (SSSR count). The summed E-state index contributed by atoms with van der Waals surface area (Å²) in [6.07, 6.45) is 3.94. The fourth-order valence-electron chi connectivity index (χ4n) is 3.39. The predicted octanol–water partition coefficient (Wildman–Crippen LogP) is 3.09. The average molecular weight is 405 g/mol. The van der Waals surface area contributed by atoms with Gasteiger partial charge in [-0.3, -0.25) is 15.1 Å². The highest BCUT2D eigenvalue weighted by Crippen LogP contribution is 2.25. The Labute approximate surface area is 174 Å². The quantitative estimate of drug-likeness (QED) is 0.779. The summed E-state index contributed by atoms with van der Waals surface area (Å²) in [5, 5.41) is 11.8. The molecule has 0 aliphatic carbocycles. The maximum absolute atomic E-state index is 13.0. The summed E-state index contributed by atoms with van der Waals surface area (Å²) >= 11 is 1.58. The Morgan fingerprint density at radius 2 is 1.93 bits per heavy atom. The molecule has 0 saturated heterocycles. The average Bonchev–Trinajstić information content (AvgIpc) is 2.74. The first-order valence-electron chi connectivity index (χ1n) is 9.90. The number of unbranched alkanes of at least 4 members (excludes halogenated alkanes) is 1. The third kappa shape index (κ3) is 4.12. The highest BCUT2D eigenvalue weighted by atomic mass is 32.2. The third-order valence-electron chi connectivity index (χ3n) is 4.85. The van der Waals surface area contributed by atoms with Crippen LogP contribution in [0.2, 0.25) is 0 Å². The topological polar surface area (TPSA) is 57.1 Å². The summed E-state index contributed by atoms with van der Waals surface area (Å²) in [5.74, 6) is 0.801. The molecule has 0 radical (unpaired) electrons. The predicted molar refractivity (Wildman–Crippen MR) is 119 cm³/mol. The number of hydrazone groups is 1. The highest BCUT2D eigenvalue weighted by Gasteiger charge is 2.34. The second-order valence-corrected chi connectivity index (χ2v) is 8.16. The van der Waals surface area contributed by atoms with Gasteiger partial charge in [0, 0.05) is 11.0 Å². The zero-order valence-corrected chi connectivity index (χ0v) is 17.4. The smallest absolute Gasteiger partial charge is 0.276 e. The van der Waals surface area contributed by atoms with Gasteiger partial charge in [0.05, 0.1) is 5.36 Å². The zero-order valence-electron chi connectivity index (χ0n) is 16.6. The van der Waals surface area contributed by atoms with Crippen molar-refractivity contribution in [2.24, 2.45) is 10.1 Å². The lowest BCUT2D eigenvalue weighted by atomic mass is 10.1. The second kappa shape index (κ2) is 8.66. The molecule has 148 valence electrons. The number of rotatable bonds is 5. The number of amidine groups is 1. The van der Waals surface area contributed by atoms with Gasteiger partial charge in [0.1, 0.15) is 5.70 Å². The first-order valence-corrected chi connectivity index (χ1v) is 10.9. The van der Waals surface area contributed by atoms with Crippen LogP contribution in [-0.4, -0.2) is 28.0 Å². The molecule has 29 heavy (non-hydrogen) atoms. The van der Waals surface area contributed by atoms with Crippen LogP contribution < -0.4 is 15.9 Å². The molecule has 2 aliphatic heterocycles. The second-order valence-electron chi connectivity index (χ2n) is 7.07. The first-order chi connectivity index (χ1) is 14.2. The highest BCUT2D eigenvalue weighted by molar-refractivity contribution is 8.13. The van der Waals surface area contributed by atoms with Crippen molar-refractivity contribution in [3.05, 3.63) is 76.3 Å². The van der Waals surface area contributed by atoms with Gasteiger partial charge in [-0.05, 0) is 30.5 Å². The fourth-order valence-corrected chi connectivity index (χ4v) is 4.33. The number of hydrogen-bond donors (Lipinski definition) is 1. The number of fused-ring (bicyclic) bond motifs is 2. The lowest BCUT2D eigenvalue weighted by molar-refractivity contribution is -0.116. The van der Waals surface area contributed by atoms with Crippen molar-refractivity contribution in [1.29, 1.82) is 0 Å². The minimum Gasteiger partial charge on any atom is -0.298 e.